The lowest BCUT2D eigenvalue weighted by Gasteiger charge is -2.19. The molecule has 1 aliphatic rings. The maximum atomic E-state index is 11.0. The van der Waals surface area contributed by atoms with E-state index < -0.39 is 6.10 Å². The van der Waals surface area contributed by atoms with Crippen molar-refractivity contribution in [3.63, 3.8) is 0 Å². The smallest absolute Gasteiger partial charge is 0.253 e. The molecule has 1 unspecified atom stereocenters. The third-order valence-electron chi connectivity index (χ3n) is 1.84. The molecule has 0 bridgehead atoms. The molecule has 1 amide bonds. The summed E-state index contributed by atoms with van der Waals surface area (Å²) in [5.74, 6) is -0.351. The first-order valence-corrected chi connectivity index (χ1v) is 3.70. The van der Waals surface area contributed by atoms with Gasteiger partial charge in [-0.1, -0.05) is 0 Å². The van der Waals surface area contributed by atoms with Gasteiger partial charge in [-0.3, -0.25) is 9.78 Å². The number of anilines is 1. The summed E-state index contributed by atoms with van der Waals surface area (Å²) in [7, 11) is 0. The predicted octanol–water partition coefficient (Wildman–Crippen LogP) is -0.0629. The summed E-state index contributed by atoms with van der Waals surface area (Å²) < 4.78 is 0. The fraction of sp³-hybridized carbons (Fsp3) is 0.250. The number of amides is 1. The fourth-order valence-corrected chi connectivity index (χ4v) is 1.21. The molecule has 0 saturated carbocycles. The maximum Gasteiger partial charge on any atom is 0.253 e. The van der Waals surface area contributed by atoms with E-state index in [1.807, 2.05) is 0 Å². The summed E-state index contributed by atoms with van der Waals surface area (Å²) in [5, 5.41) is 11.7. The molecule has 1 aromatic rings. The van der Waals surface area contributed by atoms with Gasteiger partial charge in [0.15, 0.2) is 0 Å². The van der Waals surface area contributed by atoms with E-state index in [-0.39, 0.29) is 5.91 Å². The van der Waals surface area contributed by atoms with Crippen molar-refractivity contribution < 1.29 is 9.90 Å². The number of aliphatic hydroxyl groups is 1. The summed E-state index contributed by atoms with van der Waals surface area (Å²) in [4.78, 5) is 15.0. The Hall–Kier alpha value is -1.42. The Labute approximate surface area is 69.2 Å². The molecular formula is C8H8N2O2. The van der Waals surface area contributed by atoms with E-state index in [4.69, 9.17) is 0 Å². The molecule has 2 rings (SSSR count). The molecule has 1 aromatic heterocycles. The Balaban J connectivity index is 2.40. The van der Waals surface area contributed by atoms with Gasteiger partial charge in [0, 0.05) is 12.6 Å². The van der Waals surface area contributed by atoms with Crippen LogP contribution in [0.1, 0.15) is 5.69 Å². The highest BCUT2D eigenvalue weighted by Crippen LogP contribution is 2.18. The van der Waals surface area contributed by atoms with Crippen LogP contribution < -0.4 is 5.32 Å². The third-order valence-corrected chi connectivity index (χ3v) is 1.84. The van der Waals surface area contributed by atoms with Gasteiger partial charge in [-0.25, -0.2) is 0 Å². The topological polar surface area (TPSA) is 62.2 Å². The van der Waals surface area contributed by atoms with Gasteiger partial charge in [0.1, 0.15) is 6.10 Å². The normalized spacial score (nSPS) is 21.4. The van der Waals surface area contributed by atoms with Crippen molar-refractivity contribution in [3.8, 4) is 0 Å². The van der Waals surface area contributed by atoms with E-state index in [2.05, 4.69) is 10.3 Å². The van der Waals surface area contributed by atoms with Crippen LogP contribution in [0.2, 0.25) is 0 Å². The number of fused-ring (bicyclic) bond motifs is 1. The summed E-state index contributed by atoms with van der Waals surface area (Å²) in [6.45, 7) is 0. The van der Waals surface area contributed by atoms with E-state index in [0.29, 0.717) is 12.1 Å². The van der Waals surface area contributed by atoms with Crippen LogP contribution in [0.3, 0.4) is 0 Å². The van der Waals surface area contributed by atoms with Crippen LogP contribution >= 0.6 is 0 Å². The molecule has 62 valence electrons. The third kappa shape index (κ3) is 1.06. The standard InChI is InChI=1S/C8H8N2O2/c11-7-4-6-5(10-8(7)12)2-1-3-9-6/h1-3,7,11H,4H2,(H,10,12). The lowest BCUT2D eigenvalue weighted by Crippen LogP contribution is -2.34. The van der Waals surface area contributed by atoms with Crippen LogP contribution in [0, 0.1) is 0 Å². The Kier molecular flexibility index (Phi) is 1.55. The molecule has 12 heavy (non-hydrogen) atoms. The Morgan fingerprint density at radius 1 is 1.67 bits per heavy atom. The maximum absolute atomic E-state index is 11.0. The van der Waals surface area contributed by atoms with E-state index in [0.717, 1.165) is 5.69 Å². The summed E-state index contributed by atoms with van der Waals surface area (Å²) in [6, 6.07) is 3.52. The van der Waals surface area contributed by atoms with Crippen LogP contribution in [-0.4, -0.2) is 22.1 Å². The summed E-state index contributed by atoms with van der Waals surface area (Å²) in [5.41, 5.74) is 1.44. The van der Waals surface area contributed by atoms with Crippen LogP contribution in [0.25, 0.3) is 0 Å². The predicted molar refractivity (Wildman–Crippen MR) is 42.6 cm³/mol. The molecule has 0 radical (unpaired) electrons. The first kappa shape index (κ1) is 7.24. The zero-order valence-corrected chi connectivity index (χ0v) is 6.32. The quantitative estimate of drug-likeness (QED) is 0.564. The number of aromatic nitrogens is 1. The Bertz CT molecular complexity index is 325. The minimum Gasteiger partial charge on any atom is -0.383 e. The number of pyridine rings is 1. The number of aliphatic hydroxyl groups excluding tert-OH is 1. The average molecular weight is 164 g/mol. The number of hydrogen-bond donors (Lipinski definition) is 2. The monoisotopic (exact) mass is 164 g/mol. The molecule has 0 aliphatic carbocycles. The van der Waals surface area contributed by atoms with Gasteiger partial charge in [0.05, 0.1) is 11.4 Å². The second-order valence-electron chi connectivity index (χ2n) is 2.71. The minimum atomic E-state index is -0.951. The average Bonchev–Trinajstić information content (AvgIpc) is 2.07. The minimum absolute atomic E-state index is 0.308. The highest BCUT2D eigenvalue weighted by Gasteiger charge is 2.23. The lowest BCUT2D eigenvalue weighted by atomic mass is 10.1. The number of nitrogens with zero attached hydrogens (tertiary/aromatic N) is 1. The molecule has 4 heteroatoms. The van der Waals surface area contributed by atoms with Crippen molar-refractivity contribution >= 4 is 11.6 Å². The van der Waals surface area contributed by atoms with E-state index >= 15 is 0 Å². The second-order valence-corrected chi connectivity index (χ2v) is 2.71. The van der Waals surface area contributed by atoms with Gasteiger partial charge >= 0.3 is 0 Å². The Morgan fingerprint density at radius 3 is 3.33 bits per heavy atom. The largest absolute Gasteiger partial charge is 0.383 e. The zero-order valence-electron chi connectivity index (χ0n) is 6.32. The van der Waals surface area contributed by atoms with Gasteiger partial charge in [-0.2, -0.15) is 0 Å². The molecule has 2 N–H and O–H groups in total. The van der Waals surface area contributed by atoms with Crippen molar-refractivity contribution in [3.05, 3.63) is 24.0 Å². The fourth-order valence-electron chi connectivity index (χ4n) is 1.21. The summed E-state index contributed by atoms with van der Waals surface area (Å²) in [6.07, 6.45) is 0.998. The molecule has 1 aliphatic heterocycles. The Morgan fingerprint density at radius 2 is 2.50 bits per heavy atom. The number of hydrogen-bond acceptors (Lipinski definition) is 3. The van der Waals surface area contributed by atoms with Crippen molar-refractivity contribution in [1.29, 1.82) is 0 Å². The number of carbonyl (C=O) groups is 1. The highest BCUT2D eigenvalue weighted by molar-refractivity contribution is 5.96. The number of rotatable bonds is 0. The highest BCUT2D eigenvalue weighted by atomic mass is 16.3. The van der Waals surface area contributed by atoms with Gasteiger partial charge in [-0.15, -0.1) is 0 Å². The number of nitrogens with one attached hydrogen (secondary N) is 1. The molecule has 2 heterocycles. The van der Waals surface area contributed by atoms with Gasteiger partial charge < -0.3 is 10.4 Å². The lowest BCUT2D eigenvalue weighted by molar-refractivity contribution is -0.124. The molecule has 1 atom stereocenters. The van der Waals surface area contributed by atoms with E-state index in [9.17, 15) is 9.90 Å². The van der Waals surface area contributed by atoms with Crippen LogP contribution in [-0.2, 0) is 11.2 Å². The zero-order chi connectivity index (χ0) is 8.55. The molecule has 0 saturated heterocycles. The molecule has 0 fully saturated rings. The van der Waals surface area contributed by atoms with Crippen molar-refractivity contribution in [2.24, 2.45) is 0 Å². The van der Waals surface area contributed by atoms with Crippen LogP contribution in [0.5, 0.6) is 0 Å². The van der Waals surface area contributed by atoms with Gasteiger partial charge in [0.25, 0.3) is 5.91 Å². The van der Waals surface area contributed by atoms with E-state index in [1.54, 1.807) is 18.3 Å². The van der Waals surface area contributed by atoms with Gasteiger partial charge in [0.2, 0.25) is 0 Å². The molecule has 4 nitrogen and oxygen atoms in total. The number of carbonyl (C=O) groups excluding carboxylic acids is 1. The van der Waals surface area contributed by atoms with Crippen molar-refractivity contribution in [2.75, 3.05) is 5.32 Å². The first-order valence-electron chi connectivity index (χ1n) is 3.70. The summed E-state index contributed by atoms with van der Waals surface area (Å²) >= 11 is 0. The molecule has 0 spiro atoms. The van der Waals surface area contributed by atoms with Crippen LogP contribution in [0.15, 0.2) is 18.3 Å². The van der Waals surface area contributed by atoms with Gasteiger partial charge in [-0.05, 0) is 12.1 Å². The second kappa shape index (κ2) is 2.57. The van der Waals surface area contributed by atoms with Crippen molar-refractivity contribution in [2.45, 2.75) is 12.5 Å². The van der Waals surface area contributed by atoms with Crippen molar-refractivity contribution in [1.82, 2.24) is 4.98 Å². The molecular weight excluding hydrogens is 156 g/mol. The SMILES string of the molecule is O=C1Nc2cccnc2CC1O. The first-order chi connectivity index (χ1) is 5.77. The van der Waals surface area contributed by atoms with Crippen LogP contribution in [0.4, 0.5) is 5.69 Å². The van der Waals surface area contributed by atoms with E-state index in [1.165, 1.54) is 0 Å². The molecule has 0 aromatic carbocycles.